The van der Waals surface area contributed by atoms with Gasteiger partial charge in [-0.15, -0.1) is 0 Å². The van der Waals surface area contributed by atoms with Crippen LogP contribution in [0.3, 0.4) is 0 Å². The number of nitrogens with zero attached hydrogens (tertiary/aromatic N) is 1. The normalized spacial score (nSPS) is 23.8. The second kappa shape index (κ2) is 4.79. The van der Waals surface area contributed by atoms with Gasteiger partial charge in [-0.1, -0.05) is 24.3 Å². The fraction of sp³-hybridized carbons (Fsp3) is 0.600. The molecule has 1 N–H and O–H groups in total. The number of aliphatic hydroxyl groups excluding tert-OH is 1. The van der Waals surface area contributed by atoms with Crippen molar-refractivity contribution in [1.29, 1.82) is 0 Å². The van der Waals surface area contributed by atoms with E-state index < -0.39 is 0 Å². The Kier molecular flexibility index (Phi) is 3.55. The predicted molar refractivity (Wildman–Crippen MR) is 71.0 cm³/mol. The smallest absolute Gasteiger partial charge is 0.0951 e. The van der Waals surface area contributed by atoms with Crippen LogP contribution in [0.1, 0.15) is 44.9 Å². The second-order valence-electron chi connectivity index (χ2n) is 5.55. The fourth-order valence-electron chi connectivity index (χ4n) is 3.18. The molecule has 1 aromatic carbocycles. The Morgan fingerprint density at radius 3 is 2.24 bits per heavy atom. The van der Waals surface area contributed by atoms with Crippen molar-refractivity contribution in [2.24, 2.45) is 0 Å². The van der Waals surface area contributed by atoms with Gasteiger partial charge in [0, 0.05) is 18.1 Å². The Morgan fingerprint density at radius 2 is 1.71 bits per heavy atom. The van der Waals surface area contributed by atoms with E-state index in [9.17, 15) is 5.11 Å². The molecule has 2 heteroatoms. The zero-order chi connectivity index (χ0) is 12.6. The molecule has 1 aromatic rings. The number of fused-ring (bicyclic) bond motifs is 1. The lowest BCUT2D eigenvalue weighted by atomic mass is 10.1. The minimum absolute atomic E-state index is 0.229. The Morgan fingerprint density at radius 1 is 1.12 bits per heavy atom. The Labute approximate surface area is 104 Å². The molecule has 0 radical (unpaired) electrons. The monoisotopic (exact) mass is 233 g/mol. The molecule has 2 rings (SSSR count). The highest BCUT2D eigenvalue weighted by molar-refractivity contribution is 5.36. The van der Waals surface area contributed by atoms with Crippen LogP contribution in [0.15, 0.2) is 24.3 Å². The highest BCUT2D eigenvalue weighted by atomic mass is 16.3. The summed E-state index contributed by atoms with van der Waals surface area (Å²) in [5, 5.41) is 10.5. The molecule has 0 saturated carbocycles. The summed E-state index contributed by atoms with van der Waals surface area (Å²) in [6, 6.07) is 9.42. The molecular formula is C15H23NO. The molecule has 2 atom stereocenters. The van der Waals surface area contributed by atoms with Crippen LogP contribution in [0.25, 0.3) is 0 Å². The first kappa shape index (κ1) is 12.6. The van der Waals surface area contributed by atoms with Crippen LogP contribution in [-0.2, 0) is 6.42 Å². The molecule has 2 nitrogen and oxygen atoms in total. The van der Waals surface area contributed by atoms with E-state index in [0.717, 1.165) is 12.0 Å². The molecule has 17 heavy (non-hydrogen) atoms. The maximum Gasteiger partial charge on any atom is 0.0951 e. The summed E-state index contributed by atoms with van der Waals surface area (Å²) < 4.78 is 0. The second-order valence-corrected chi connectivity index (χ2v) is 5.55. The van der Waals surface area contributed by atoms with Gasteiger partial charge in [-0.2, -0.15) is 0 Å². The van der Waals surface area contributed by atoms with Gasteiger partial charge in [-0.05, 0) is 45.2 Å². The third-order valence-corrected chi connectivity index (χ3v) is 3.74. The first-order valence-corrected chi connectivity index (χ1v) is 6.55. The average molecular weight is 233 g/mol. The molecule has 94 valence electrons. The van der Waals surface area contributed by atoms with Gasteiger partial charge >= 0.3 is 0 Å². The van der Waals surface area contributed by atoms with Gasteiger partial charge in [0.15, 0.2) is 0 Å². The minimum atomic E-state index is -0.337. The Hall–Kier alpha value is -0.860. The zero-order valence-electron chi connectivity index (χ0n) is 11.2. The van der Waals surface area contributed by atoms with E-state index in [0.29, 0.717) is 12.1 Å². The minimum Gasteiger partial charge on any atom is -0.387 e. The van der Waals surface area contributed by atoms with Crippen LogP contribution in [-0.4, -0.2) is 28.1 Å². The van der Waals surface area contributed by atoms with Gasteiger partial charge in [-0.3, -0.25) is 4.90 Å². The quantitative estimate of drug-likeness (QED) is 0.867. The number of benzene rings is 1. The van der Waals surface area contributed by atoms with Crippen molar-refractivity contribution in [2.45, 2.75) is 58.3 Å². The largest absolute Gasteiger partial charge is 0.387 e. The van der Waals surface area contributed by atoms with Crippen molar-refractivity contribution in [2.75, 3.05) is 0 Å². The van der Waals surface area contributed by atoms with E-state index in [4.69, 9.17) is 0 Å². The van der Waals surface area contributed by atoms with Crippen LogP contribution in [0.5, 0.6) is 0 Å². The van der Waals surface area contributed by atoms with Crippen molar-refractivity contribution in [1.82, 2.24) is 4.90 Å². The molecule has 0 unspecified atom stereocenters. The maximum absolute atomic E-state index is 10.5. The SMILES string of the molecule is CC(C)N(C(C)C)[C@@H]1Cc2ccccc2[C@@H]1O. The van der Waals surface area contributed by atoms with E-state index in [2.05, 4.69) is 50.8 Å². The highest BCUT2D eigenvalue weighted by Crippen LogP contribution is 2.35. The van der Waals surface area contributed by atoms with Gasteiger partial charge in [0.2, 0.25) is 0 Å². The van der Waals surface area contributed by atoms with Crippen molar-refractivity contribution in [3.05, 3.63) is 35.4 Å². The lowest BCUT2D eigenvalue weighted by molar-refractivity contribution is 0.0224. The van der Waals surface area contributed by atoms with Crippen molar-refractivity contribution in [3.63, 3.8) is 0 Å². The highest BCUT2D eigenvalue weighted by Gasteiger charge is 2.36. The van der Waals surface area contributed by atoms with Crippen LogP contribution < -0.4 is 0 Å². The molecule has 0 bridgehead atoms. The van der Waals surface area contributed by atoms with Gasteiger partial charge < -0.3 is 5.11 Å². The number of rotatable bonds is 3. The predicted octanol–water partition coefficient (Wildman–Crippen LogP) is 2.76. The van der Waals surface area contributed by atoms with Gasteiger partial charge in [0.25, 0.3) is 0 Å². The molecule has 0 aliphatic heterocycles. The first-order chi connectivity index (χ1) is 8.02. The first-order valence-electron chi connectivity index (χ1n) is 6.55. The molecule has 0 aromatic heterocycles. The lowest BCUT2D eigenvalue weighted by Crippen LogP contribution is -2.47. The molecular weight excluding hydrogens is 210 g/mol. The number of hydrogen-bond donors (Lipinski definition) is 1. The summed E-state index contributed by atoms with van der Waals surface area (Å²) in [6.45, 7) is 8.82. The molecule has 0 amide bonds. The average Bonchev–Trinajstić information content (AvgIpc) is 2.56. The molecule has 0 heterocycles. The van der Waals surface area contributed by atoms with E-state index in [1.807, 2.05) is 6.07 Å². The summed E-state index contributed by atoms with van der Waals surface area (Å²) in [6.07, 6.45) is 0.629. The van der Waals surface area contributed by atoms with Crippen LogP contribution in [0.4, 0.5) is 0 Å². The Bertz CT molecular complexity index is 378. The van der Waals surface area contributed by atoms with Gasteiger partial charge in [0.05, 0.1) is 6.10 Å². The van der Waals surface area contributed by atoms with E-state index in [1.54, 1.807) is 0 Å². The summed E-state index contributed by atoms with van der Waals surface area (Å²) in [7, 11) is 0. The van der Waals surface area contributed by atoms with Crippen molar-refractivity contribution < 1.29 is 5.11 Å². The number of hydrogen-bond acceptors (Lipinski definition) is 2. The van der Waals surface area contributed by atoms with Crippen molar-refractivity contribution >= 4 is 0 Å². The summed E-state index contributed by atoms with van der Waals surface area (Å²) in [4.78, 5) is 2.42. The maximum atomic E-state index is 10.5. The van der Waals surface area contributed by atoms with Crippen LogP contribution in [0.2, 0.25) is 0 Å². The summed E-state index contributed by atoms with van der Waals surface area (Å²) in [5.74, 6) is 0. The third-order valence-electron chi connectivity index (χ3n) is 3.74. The molecule has 0 spiro atoms. The van der Waals surface area contributed by atoms with Crippen molar-refractivity contribution in [3.8, 4) is 0 Å². The Balaban J connectivity index is 2.26. The van der Waals surface area contributed by atoms with Gasteiger partial charge in [0.1, 0.15) is 0 Å². The van der Waals surface area contributed by atoms with E-state index in [1.165, 1.54) is 5.56 Å². The zero-order valence-corrected chi connectivity index (χ0v) is 11.2. The number of aliphatic hydroxyl groups is 1. The lowest BCUT2D eigenvalue weighted by Gasteiger charge is -2.37. The molecule has 1 aliphatic carbocycles. The molecule has 1 aliphatic rings. The van der Waals surface area contributed by atoms with Crippen LogP contribution >= 0.6 is 0 Å². The summed E-state index contributed by atoms with van der Waals surface area (Å²) >= 11 is 0. The standard InChI is InChI=1S/C15H23NO/c1-10(2)16(11(3)4)14-9-12-7-5-6-8-13(12)15(14)17/h5-8,10-11,14-15,17H,9H2,1-4H3/t14-,15+/m1/s1. The fourth-order valence-corrected chi connectivity index (χ4v) is 3.18. The summed E-state index contributed by atoms with van der Waals surface area (Å²) in [5.41, 5.74) is 2.42. The van der Waals surface area contributed by atoms with Gasteiger partial charge in [-0.25, -0.2) is 0 Å². The molecule has 0 fully saturated rings. The topological polar surface area (TPSA) is 23.5 Å². The third kappa shape index (κ3) is 2.24. The van der Waals surface area contributed by atoms with E-state index >= 15 is 0 Å². The van der Waals surface area contributed by atoms with E-state index in [-0.39, 0.29) is 12.1 Å². The molecule has 0 saturated heterocycles. The van der Waals surface area contributed by atoms with Crippen LogP contribution in [0, 0.1) is 0 Å².